The van der Waals surface area contributed by atoms with E-state index in [-0.39, 0.29) is 0 Å². The third kappa shape index (κ3) is 5.69. The number of para-hydroxylation sites is 3. The Kier molecular flexibility index (Phi) is 7.91. The van der Waals surface area contributed by atoms with Gasteiger partial charge in [0.05, 0.1) is 40.1 Å². The van der Waals surface area contributed by atoms with Gasteiger partial charge in [0, 0.05) is 44.6 Å². The number of furan rings is 1. The number of benzene rings is 9. The van der Waals surface area contributed by atoms with E-state index in [1.54, 1.807) is 0 Å². The summed E-state index contributed by atoms with van der Waals surface area (Å²) in [5.41, 5.74) is 19.1. The Morgan fingerprint density at radius 3 is 1.67 bits per heavy atom. The van der Waals surface area contributed by atoms with Crippen molar-refractivity contribution in [2.75, 3.05) is 14.7 Å². The predicted molar refractivity (Wildman–Crippen MR) is 250 cm³/mol. The molecule has 1 aromatic heterocycles. The topological polar surface area (TPSA) is 46.7 Å². The zero-order valence-corrected chi connectivity index (χ0v) is 33.0. The van der Waals surface area contributed by atoms with Gasteiger partial charge in [-0.3, -0.25) is 0 Å². The maximum absolute atomic E-state index is 9.67. The van der Waals surface area contributed by atoms with E-state index < -0.39 is 0 Å². The van der Waals surface area contributed by atoms with Gasteiger partial charge in [-0.15, -0.1) is 0 Å². The smallest absolute Gasteiger partial charge is 0.135 e. The van der Waals surface area contributed by atoms with E-state index in [0.717, 1.165) is 90.7 Å². The second-order valence-corrected chi connectivity index (χ2v) is 15.7. The Bertz CT molecular complexity index is 3250. The first-order valence-corrected chi connectivity index (χ1v) is 20.6. The highest BCUT2D eigenvalue weighted by atomic mass is 16.3. The molecule has 10 aromatic rings. The van der Waals surface area contributed by atoms with E-state index in [9.17, 15) is 5.26 Å². The highest BCUT2D eigenvalue weighted by molar-refractivity contribution is 6.07. The van der Waals surface area contributed by atoms with Crippen molar-refractivity contribution in [3.8, 4) is 28.3 Å². The summed E-state index contributed by atoms with van der Waals surface area (Å²) >= 11 is 0. The minimum Gasteiger partial charge on any atom is -0.456 e. The Morgan fingerprint density at radius 1 is 0.426 bits per heavy atom. The number of nitrogens with zero attached hydrogens (tertiary/aromatic N) is 4. The molecule has 0 unspecified atom stereocenters. The molecule has 9 aromatic carbocycles. The highest BCUT2D eigenvalue weighted by Gasteiger charge is 2.33. The summed E-state index contributed by atoms with van der Waals surface area (Å²) in [6.07, 6.45) is 0.881. The normalized spacial score (nSPS) is 12.4. The zero-order chi connectivity index (χ0) is 40.4. The number of anilines is 9. The summed E-state index contributed by atoms with van der Waals surface area (Å²) in [5.74, 6) is 0. The predicted octanol–water partition coefficient (Wildman–Crippen LogP) is 15.4. The van der Waals surface area contributed by atoms with Gasteiger partial charge >= 0.3 is 0 Å². The molecule has 1 aliphatic heterocycles. The summed E-state index contributed by atoms with van der Waals surface area (Å²) in [6.45, 7) is 0. The SMILES string of the molecule is N#Cc1cccc(-c2ccc(N(c3cc4cc(c3)N(c3ccccc3)c3cccc5c3-c3c(cccc3N4c3ccccc3)C5)c3ccc4oc5ccccc5c4c3)cc2)c1. The van der Waals surface area contributed by atoms with E-state index in [4.69, 9.17) is 4.42 Å². The Balaban J connectivity index is 1.15. The van der Waals surface area contributed by atoms with Gasteiger partial charge in [-0.2, -0.15) is 5.26 Å². The third-order valence-corrected chi connectivity index (χ3v) is 12.1. The Morgan fingerprint density at radius 2 is 1.02 bits per heavy atom. The van der Waals surface area contributed by atoms with Crippen LogP contribution in [0.2, 0.25) is 0 Å². The molecule has 61 heavy (non-hydrogen) atoms. The molecule has 286 valence electrons. The van der Waals surface area contributed by atoms with Gasteiger partial charge in [-0.1, -0.05) is 103 Å². The molecule has 1 aliphatic carbocycles. The van der Waals surface area contributed by atoms with Crippen LogP contribution < -0.4 is 14.7 Å². The summed E-state index contributed by atoms with van der Waals surface area (Å²) in [6, 6.07) is 75.5. The molecule has 0 radical (unpaired) electrons. The monoisotopic (exact) mass is 780 g/mol. The van der Waals surface area contributed by atoms with Crippen LogP contribution in [-0.4, -0.2) is 0 Å². The van der Waals surface area contributed by atoms with E-state index in [2.05, 4.69) is 197 Å². The van der Waals surface area contributed by atoms with E-state index in [1.165, 1.54) is 22.3 Å². The lowest BCUT2D eigenvalue weighted by molar-refractivity contribution is 0.669. The summed E-state index contributed by atoms with van der Waals surface area (Å²) in [4.78, 5) is 7.22. The number of nitriles is 1. The van der Waals surface area contributed by atoms with Crippen molar-refractivity contribution in [2.45, 2.75) is 6.42 Å². The Hall–Kier alpha value is -8.33. The fourth-order valence-corrected chi connectivity index (χ4v) is 9.47. The van der Waals surface area contributed by atoms with Crippen molar-refractivity contribution >= 4 is 73.1 Å². The van der Waals surface area contributed by atoms with E-state index in [0.29, 0.717) is 5.56 Å². The minimum absolute atomic E-state index is 0.638. The molecule has 0 atom stereocenters. The van der Waals surface area contributed by atoms with Crippen LogP contribution in [0.15, 0.2) is 211 Å². The van der Waals surface area contributed by atoms with Crippen LogP contribution in [0.5, 0.6) is 0 Å². The summed E-state index contributed by atoms with van der Waals surface area (Å²) < 4.78 is 6.34. The number of hydrogen-bond acceptors (Lipinski definition) is 5. The van der Waals surface area contributed by atoms with Crippen LogP contribution in [-0.2, 0) is 6.42 Å². The zero-order valence-electron chi connectivity index (χ0n) is 33.0. The second-order valence-electron chi connectivity index (χ2n) is 15.7. The summed E-state index contributed by atoms with van der Waals surface area (Å²) in [7, 11) is 0. The standard InChI is InChI=1S/C56H36N4O/c57-36-37-12-9-13-39(30-37)38-24-26-44(27-25-38)58(45-28-29-54-50(35-45)49-20-7-8-23-53(49)61-54)46-32-47-34-48(33-46)60(43-18-5-2-6-19-43)52-22-11-15-41-31-40-14-10-21-51(55(40)56(41)52)59(47)42-16-3-1-4-17-42/h1-30,32-35H,31H2. The van der Waals surface area contributed by atoms with Gasteiger partial charge < -0.3 is 19.1 Å². The van der Waals surface area contributed by atoms with Gasteiger partial charge in [-0.25, -0.2) is 0 Å². The molecule has 2 bridgehead atoms. The fraction of sp³-hybridized carbons (Fsp3) is 0.0179. The lowest BCUT2D eigenvalue weighted by Crippen LogP contribution is -2.15. The first-order valence-electron chi connectivity index (χ1n) is 20.6. The van der Waals surface area contributed by atoms with Gasteiger partial charge in [-0.05, 0) is 132 Å². The van der Waals surface area contributed by atoms with Crippen LogP contribution in [0.1, 0.15) is 16.7 Å². The van der Waals surface area contributed by atoms with Gasteiger partial charge in [0.1, 0.15) is 11.2 Å². The van der Waals surface area contributed by atoms with E-state index in [1.807, 2.05) is 30.3 Å². The molecular formula is C56H36N4O. The van der Waals surface area contributed by atoms with Crippen LogP contribution in [0.4, 0.5) is 51.2 Å². The molecule has 0 amide bonds. The molecule has 0 saturated heterocycles. The van der Waals surface area contributed by atoms with Gasteiger partial charge in [0.25, 0.3) is 0 Å². The molecule has 0 spiro atoms. The molecular weight excluding hydrogens is 745 g/mol. The first kappa shape index (κ1) is 34.7. The fourth-order valence-electron chi connectivity index (χ4n) is 9.47. The van der Waals surface area contributed by atoms with Crippen molar-refractivity contribution < 1.29 is 4.42 Å². The maximum Gasteiger partial charge on any atom is 0.135 e. The highest BCUT2D eigenvalue weighted by Crippen LogP contribution is 2.56. The molecule has 0 fully saturated rings. The average Bonchev–Trinajstić information content (AvgIpc) is 3.90. The second kappa shape index (κ2) is 13.9. The first-order chi connectivity index (χ1) is 30.2. The lowest BCUT2D eigenvalue weighted by Gasteiger charge is -2.32. The van der Waals surface area contributed by atoms with Crippen molar-refractivity contribution in [3.63, 3.8) is 0 Å². The molecule has 0 saturated carbocycles. The van der Waals surface area contributed by atoms with Gasteiger partial charge in [0.15, 0.2) is 0 Å². The average molecular weight is 781 g/mol. The molecule has 5 heteroatoms. The van der Waals surface area contributed by atoms with Crippen molar-refractivity contribution in [2.24, 2.45) is 0 Å². The van der Waals surface area contributed by atoms with Crippen molar-refractivity contribution in [1.82, 2.24) is 0 Å². The van der Waals surface area contributed by atoms with Crippen molar-refractivity contribution in [3.05, 3.63) is 223 Å². The van der Waals surface area contributed by atoms with Crippen LogP contribution in [0.25, 0.3) is 44.2 Å². The molecule has 0 N–H and O–H groups in total. The largest absolute Gasteiger partial charge is 0.456 e. The number of hydrogen-bond donors (Lipinski definition) is 0. The lowest BCUT2D eigenvalue weighted by atomic mass is 9.99. The number of rotatable bonds is 6. The van der Waals surface area contributed by atoms with Gasteiger partial charge in [0.2, 0.25) is 0 Å². The van der Waals surface area contributed by atoms with Crippen LogP contribution >= 0.6 is 0 Å². The minimum atomic E-state index is 0.638. The number of fused-ring (bicyclic) bond motifs is 5. The van der Waals surface area contributed by atoms with E-state index >= 15 is 0 Å². The molecule has 2 aliphatic rings. The van der Waals surface area contributed by atoms with Crippen LogP contribution in [0.3, 0.4) is 0 Å². The third-order valence-electron chi connectivity index (χ3n) is 12.1. The Labute approximate surface area is 353 Å². The molecule has 2 heterocycles. The molecule has 5 nitrogen and oxygen atoms in total. The van der Waals surface area contributed by atoms with Crippen molar-refractivity contribution in [1.29, 1.82) is 5.26 Å². The van der Waals surface area contributed by atoms with Crippen LogP contribution in [0, 0.1) is 11.3 Å². The maximum atomic E-state index is 9.67. The molecule has 12 rings (SSSR count). The quantitative estimate of drug-likeness (QED) is 0.168. The summed E-state index contributed by atoms with van der Waals surface area (Å²) in [5, 5.41) is 11.8.